The molecule has 3 aromatic rings. The van der Waals surface area contributed by atoms with Gasteiger partial charge in [0, 0.05) is 18.8 Å². The molecule has 1 aromatic heterocycles. The van der Waals surface area contributed by atoms with Crippen molar-refractivity contribution >= 4 is 23.6 Å². The first-order valence-corrected chi connectivity index (χ1v) is 12.2. The number of pyridine rings is 1. The zero-order valence-corrected chi connectivity index (χ0v) is 20.9. The van der Waals surface area contributed by atoms with Crippen molar-refractivity contribution in [3.05, 3.63) is 88.1 Å². The zero-order valence-electron chi connectivity index (χ0n) is 20.1. The van der Waals surface area contributed by atoms with Crippen LogP contribution >= 0.6 is 11.8 Å². The fourth-order valence-electron chi connectivity index (χ4n) is 3.56. The molecule has 2 amide bonds. The highest BCUT2D eigenvalue weighted by molar-refractivity contribution is 8.00. The second-order valence-corrected chi connectivity index (χ2v) is 9.07. The van der Waals surface area contributed by atoms with Gasteiger partial charge < -0.3 is 15.4 Å². The molecule has 178 valence electrons. The molecule has 6 nitrogen and oxygen atoms in total. The predicted molar refractivity (Wildman–Crippen MR) is 136 cm³/mol. The standard InChI is InChI=1S/C27H31N3O3S/c1-5-30(15-21-11-13-23(14-12-21)33-16-22-9-7-6-8-10-22)24(31)17-34-27-25(26(28)32)19(3)18(2)20(4)29-27/h6-14H,5,15-17H2,1-4H3,(H2,28,32). The van der Waals surface area contributed by atoms with Gasteiger partial charge >= 0.3 is 0 Å². The van der Waals surface area contributed by atoms with E-state index in [0.29, 0.717) is 30.3 Å². The van der Waals surface area contributed by atoms with Gasteiger partial charge in [-0.05, 0) is 62.1 Å². The summed E-state index contributed by atoms with van der Waals surface area (Å²) in [5.41, 5.74) is 10.7. The van der Waals surface area contributed by atoms with Crippen LogP contribution in [0.15, 0.2) is 59.6 Å². The lowest BCUT2D eigenvalue weighted by atomic mass is 10.0. The van der Waals surface area contributed by atoms with Gasteiger partial charge in [-0.3, -0.25) is 9.59 Å². The van der Waals surface area contributed by atoms with Crippen LogP contribution in [0.2, 0.25) is 0 Å². The number of nitrogens with two attached hydrogens (primary N) is 1. The summed E-state index contributed by atoms with van der Waals surface area (Å²) in [4.78, 5) is 31.2. The van der Waals surface area contributed by atoms with Gasteiger partial charge in [-0.2, -0.15) is 0 Å². The molecule has 0 aliphatic carbocycles. The molecule has 7 heteroatoms. The van der Waals surface area contributed by atoms with Crippen LogP contribution in [0.3, 0.4) is 0 Å². The third-order valence-corrected chi connectivity index (χ3v) is 6.78. The number of carbonyl (C=O) groups excluding carboxylic acids is 2. The molecule has 0 saturated carbocycles. The number of ether oxygens (including phenoxy) is 1. The van der Waals surface area contributed by atoms with Gasteiger partial charge in [0.25, 0.3) is 5.91 Å². The second-order valence-electron chi connectivity index (χ2n) is 8.11. The first-order chi connectivity index (χ1) is 16.3. The quantitative estimate of drug-likeness (QED) is 0.423. The van der Waals surface area contributed by atoms with E-state index >= 15 is 0 Å². The second kappa shape index (κ2) is 11.7. The lowest BCUT2D eigenvalue weighted by Gasteiger charge is -2.21. The summed E-state index contributed by atoms with van der Waals surface area (Å²) in [5.74, 6) is 0.420. The van der Waals surface area contributed by atoms with E-state index < -0.39 is 5.91 Å². The Morgan fingerprint density at radius 1 is 0.971 bits per heavy atom. The Balaban J connectivity index is 1.60. The molecular weight excluding hydrogens is 446 g/mol. The number of carbonyl (C=O) groups is 2. The highest BCUT2D eigenvalue weighted by atomic mass is 32.2. The number of benzene rings is 2. The van der Waals surface area contributed by atoms with Crippen LogP contribution in [0.5, 0.6) is 5.75 Å². The van der Waals surface area contributed by atoms with E-state index in [1.807, 2.05) is 82.3 Å². The van der Waals surface area contributed by atoms with Gasteiger partial charge in [0.15, 0.2) is 0 Å². The highest BCUT2D eigenvalue weighted by Gasteiger charge is 2.20. The summed E-state index contributed by atoms with van der Waals surface area (Å²) in [7, 11) is 0. The molecule has 0 atom stereocenters. The number of rotatable bonds is 10. The SMILES string of the molecule is CCN(Cc1ccc(OCc2ccccc2)cc1)C(=O)CSc1nc(C)c(C)c(C)c1C(N)=O. The molecule has 3 rings (SSSR count). The number of hydrogen-bond acceptors (Lipinski definition) is 5. The number of aromatic nitrogens is 1. The molecule has 0 bridgehead atoms. The minimum Gasteiger partial charge on any atom is -0.489 e. The van der Waals surface area contributed by atoms with E-state index in [1.54, 1.807) is 4.90 Å². The maximum atomic E-state index is 12.9. The monoisotopic (exact) mass is 477 g/mol. The van der Waals surface area contributed by atoms with Gasteiger partial charge in [0.1, 0.15) is 17.4 Å². The number of nitrogens with zero attached hydrogens (tertiary/aromatic N) is 2. The summed E-state index contributed by atoms with van der Waals surface area (Å²) in [6.07, 6.45) is 0. The summed E-state index contributed by atoms with van der Waals surface area (Å²) in [5, 5.41) is 0.512. The Kier molecular flexibility index (Phi) is 8.71. The van der Waals surface area contributed by atoms with Crippen molar-refractivity contribution < 1.29 is 14.3 Å². The fourth-order valence-corrected chi connectivity index (χ4v) is 4.60. The van der Waals surface area contributed by atoms with E-state index in [4.69, 9.17) is 10.5 Å². The average Bonchev–Trinajstić information content (AvgIpc) is 2.84. The van der Waals surface area contributed by atoms with Gasteiger partial charge in [0.2, 0.25) is 5.91 Å². The van der Waals surface area contributed by atoms with Crippen molar-refractivity contribution in [2.45, 2.75) is 45.9 Å². The number of primary amides is 1. The van der Waals surface area contributed by atoms with Crippen LogP contribution in [-0.2, 0) is 17.9 Å². The maximum Gasteiger partial charge on any atom is 0.251 e. The first-order valence-electron chi connectivity index (χ1n) is 11.2. The van der Waals surface area contributed by atoms with Gasteiger partial charge in [-0.15, -0.1) is 0 Å². The minimum absolute atomic E-state index is 0.0231. The first kappa shape index (κ1) is 25.3. The van der Waals surface area contributed by atoms with E-state index in [-0.39, 0.29) is 11.7 Å². The molecule has 0 radical (unpaired) electrons. The van der Waals surface area contributed by atoms with Crippen LogP contribution in [0.4, 0.5) is 0 Å². The summed E-state index contributed by atoms with van der Waals surface area (Å²) in [6.45, 7) is 9.21. The van der Waals surface area contributed by atoms with Crippen molar-refractivity contribution in [2.24, 2.45) is 5.73 Å². The topological polar surface area (TPSA) is 85.5 Å². The van der Waals surface area contributed by atoms with Crippen LogP contribution in [0.1, 0.15) is 45.2 Å². The maximum absolute atomic E-state index is 12.9. The third-order valence-electron chi connectivity index (χ3n) is 5.82. The molecule has 0 saturated heterocycles. The molecule has 0 aliphatic heterocycles. The molecule has 2 aromatic carbocycles. The Hall–Kier alpha value is -3.32. The predicted octanol–water partition coefficient (Wildman–Crippen LogP) is 4.83. The molecule has 0 spiro atoms. The van der Waals surface area contributed by atoms with Crippen LogP contribution in [0, 0.1) is 20.8 Å². The molecule has 2 N–H and O–H groups in total. The van der Waals surface area contributed by atoms with Crippen molar-refractivity contribution in [3.63, 3.8) is 0 Å². The van der Waals surface area contributed by atoms with E-state index in [1.165, 1.54) is 11.8 Å². The van der Waals surface area contributed by atoms with Crippen LogP contribution in [0.25, 0.3) is 0 Å². The minimum atomic E-state index is -0.523. The molecular formula is C27H31N3O3S. The van der Waals surface area contributed by atoms with Crippen molar-refractivity contribution in [1.82, 2.24) is 9.88 Å². The van der Waals surface area contributed by atoms with E-state index in [2.05, 4.69) is 4.98 Å². The summed E-state index contributed by atoms with van der Waals surface area (Å²) in [6, 6.07) is 17.8. The van der Waals surface area contributed by atoms with Crippen LogP contribution in [-0.4, -0.2) is 34.0 Å². The van der Waals surface area contributed by atoms with Gasteiger partial charge in [0.05, 0.1) is 11.3 Å². The van der Waals surface area contributed by atoms with E-state index in [0.717, 1.165) is 33.7 Å². The number of thioether (sulfide) groups is 1. The Bertz CT molecular complexity index is 1150. The van der Waals surface area contributed by atoms with Crippen LogP contribution < -0.4 is 10.5 Å². The molecule has 0 aliphatic rings. The van der Waals surface area contributed by atoms with Crippen molar-refractivity contribution in [2.75, 3.05) is 12.3 Å². The van der Waals surface area contributed by atoms with Gasteiger partial charge in [-0.25, -0.2) is 4.98 Å². The largest absolute Gasteiger partial charge is 0.489 e. The Labute approximate surface area is 205 Å². The molecule has 34 heavy (non-hydrogen) atoms. The van der Waals surface area contributed by atoms with Gasteiger partial charge in [-0.1, -0.05) is 54.2 Å². The lowest BCUT2D eigenvalue weighted by Crippen LogP contribution is -2.31. The van der Waals surface area contributed by atoms with Crippen molar-refractivity contribution in [1.29, 1.82) is 0 Å². The smallest absolute Gasteiger partial charge is 0.251 e. The zero-order chi connectivity index (χ0) is 24.7. The molecule has 1 heterocycles. The lowest BCUT2D eigenvalue weighted by molar-refractivity contribution is -0.128. The third kappa shape index (κ3) is 6.38. The number of amides is 2. The van der Waals surface area contributed by atoms with Crippen molar-refractivity contribution in [3.8, 4) is 5.75 Å². The summed E-state index contributed by atoms with van der Waals surface area (Å²) < 4.78 is 5.84. The summed E-state index contributed by atoms with van der Waals surface area (Å²) >= 11 is 1.26. The average molecular weight is 478 g/mol. The number of aryl methyl sites for hydroxylation is 1. The molecule has 0 unspecified atom stereocenters. The fraction of sp³-hybridized carbons (Fsp3) is 0.296. The highest BCUT2D eigenvalue weighted by Crippen LogP contribution is 2.27. The van der Waals surface area contributed by atoms with E-state index in [9.17, 15) is 9.59 Å². The normalized spacial score (nSPS) is 10.7. The number of hydrogen-bond donors (Lipinski definition) is 1. The Morgan fingerprint density at radius 2 is 1.65 bits per heavy atom. The molecule has 0 fully saturated rings. The Morgan fingerprint density at radius 3 is 2.26 bits per heavy atom.